The van der Waals surface area contributed by atoms with Crippen LogP contribution in [0.5, 0.6) is 5.75 Å². The molecule has 2 heterocycles. The van der Waals surface area contributed by atoms with E-state index >= 15 is 0 Å². The van der Waals surface area contributed by atoms with Crippen LogP contribution in [0.2, 0.25) is 0 Å². The van der Waals surface area contributed by atoms with Crippen LogP contribution in [0.3, 0.4) is 0 Å². The third kappa shape index (κ3) is 2.82. The summed E-state index contributed by atoms with van der Waals surface area (Å²) in [6, 6.07) is 6.40. The molecule has 1 aromatic heterocycles. The van der Waals surface area contributed by atoms with Crippen LogP contribution in [0.1, 0.15) is 23.5 Å². The van der Waals surface area contributed by atoms with Gasteiger partial charge in [0.2, 0.25) is 10.0 Å². The number of nitrogens with zero attached hydrogens (tertiary/aromatic N) is 1. The van der Waals surface area contributed by atoms with Gasteiger partial charge in [0.05, 0.1) is 12.0 Å². The third-order valence-corrected chi connectivity index (χ3v) is 4.78. The smallest absolute Gasteiger partial charge is 0.268 e. The summed E-state index contributed by atoms with van der Waals surface area (Å²) >= 11 is 0. The number of aromatic nitrogens is 1. The molecule has 1 amide bonds. The SMILES string of the molecule is COc1cc(-c2cc3n(c2)C(C)CNC3=O)cc(S(N)(=O)=O)c1. The summed E-state index contributed by atoms with van der Waals surface area (Å²) in [6.07, 6.45) is 1.83. The van der Waals surface area contributed by atoms with Gasteiger partial charge in [0.15, 0.2) is 0 Å². The summed E-state index contributed by atoms with van der Waals surface area (Å²) < 4.78 is 30.3. The lowest BCUT2D eigenvalue weighted by Crippen LogP contribution is -2.37. The van der Waals surface area contributed by atoms with Crippen LogP contribution in [0.4, 0.5) is 0 Å². The van der Waals surface area contributed by atoms with Crippen LogP contribution in [0, 0.1) is 0 Å². The molecule has 2 aromatic rings. The third-order valence-electron chi connectivity index (χ3n) is 3.89. The molecule has 0 radical (unpaired) electrons. The van der Waals surface area contributed by atoms with Crippen molar-refractivity contribution in [3.8, 4) is 16.9 Å². The number of ether oxygens (including phenoxy) is 1. The van der Waals surface area contributed by atoms with Crippen molar-refractivity contribution in [2.24, 2.45) is 5.14 Å². The lowest BCUT2D eigenvalue weighted by atomic mass is 10.1. The number of nitrogens with one attached hydrogen (secondary N) is 1. The molecule has 7 nitrogen and oxygen atoms in total. The number of methoxy groups -OCH3 is 1. The molecule has 0 aliphatic carbocycles. The molecule has 3 rings (SSSR count). The van der Waals surface area contributed by atoms with E-state index in [1.54, 1.807) is 12.1 Å². The monoisotopic (exact) mass is 335 g/mol. The minimum absolute atomic E-state index is 0.0338. The Morgan fingerprint density at radius 3 is 2.61 bits per heavy atom. The van der Waals surface area contributed by atoms with Crippen LogP contribution in [0.15, 0.2) is 35.4 Å². The molecule has 1 unspecified atom stereocenters. The molecule has 122 valence electrons. The second kappa shape index (κ2) is 5.39. The maximum absolute atomic E-state index is 12.0. The molecular weight excluding hydrogens is 318 g/mol. The Morgan fingerprint density at radius 1 is 1.26 bits per heavy atom. The summed E-state index contributed by atoms with van der Waals surface area (Å²) in [5.41, 5.74) is 1.89. The minimum Gasteiger partial charge on any atom is -0.497 e. The van der Waals surface area contributed by atoms with Crippen molar-refractivity contribution in [1.82, 2.24) is 9.88 Å². The van der Waals surface area contributed by atoms with E-state index < -0.39 is 10.0 Å². The number of hydrogen-bond donors (Lipinski definition) is 2. The molecule has 1 aromatic carbocycles. The van der Waals surface area contributed by atoms with E-state index in [1.165, 1.54) is 19.2 Å². The van der Waals surface area contributed by atoms with E-state index in [-0.39, 0.29) is 16.8 Å². The first-order chi connectivity index (χ1) is 10.8. The van der Waals surface area contributed by atoms with Crippen molar-refractivity contribution < 1.29 is 17.9 Å². The first-order valence-corrected chi connectivity index (χ1v) is 8.56. The first kappa shape index (κ1) is 15.6. The van der Waals surface area contributed by atoms with Crippen molar-refractivity contribution in [3.05, 3.63) is 36.2 Å². The van der Waals surface area contributed by atoms with Crippen LogP contribution < -0.4 is 15.2 Å². The maximum atomic E-state index is 12.0. The molecule has 1 aliphatic rings. The number of nitrogens with two attached hydrogens (primary N) is 1. The topological polar surface area (TPSA) is 103 Å². The van der Waals surface area contributed by atoms with Gasteiger partial charge < -0.3 is 14.6 Å². The van der Waals surface area contributed by atoms with Crippen molar-refractivity contribution >= 4 is 15.9 Å². The fourth-order valence-electron chi connectivity index (χ4n) is 2.63. The summed E-state index contributed by atoms with van der Waals surface area (Å²) in [6.45, 7) is 2.55. The van der Waals surface area contributed by atoms with E-state index in [2.05, 4.69) is 5.32 Å². The number of benzene rings is 1. The van der Waals surface area contributed by atoms with Gasteiger partial charge in [-0.15, -0.1) is 0 Å². The molecule has 0 fully saturated rings. The highest BCUT2D eigenvalue weighted by Gasteiger charge is 2.23. The summed E-state index contributed by atoms with van der Waals surface area (Å²) in [5.74, 6) is 0.233. The highest BCUT2D eigenvalue weighted by atomic mass is 32.2. The average molecular weight is 335 g/mol. The van der Waals surface area contributed by atoms with E-state index in [4.69, 9.17) is 9.88 Å². The van der Waals surface area contributed by atoms with Crippen LogP contribution in [-0.4, -0.2) is 32.5 Å². The normalized spacial score (nSPS) is 17.5. The number of primary sulfonamides is 1. The first-order valence-electron chi connectivity index (χ1n) is 7.02. The molecule has 0 spiro atoms. The number of hydrogen-bond acceptors (Lipinski definition) is 4. The van der Waals surface area contributed by atoms with Gasteiger partial charge in [-0.05, 0) is 30.7 Å². The van der Waals surface area contributed by atoms with Gasteiger partial charge in [0, 0.05) is 30.4 Å². The van der Waals surface area contributed by atoms with Crippen LogP contribution in [-0.2, 0) is 10.0 Å². The lowest BCUT2D eigenvalue weighted by molar-refractivity contribution is 0.0918. The predicted octanol–water partition coefficient (Wildman–Crippen LogP) is 1.12. The average Bonchev–Trinajstić information content (AvgIpc) is 2.96. The summed E-state index contributed by atoms with van der Waals surface area (Å²) in [7, 11) is -2.40. The second-order valence-electron chi connectivity index (χ2n) is 5.52. The molecule has 1 aliphatic heterocycles. The van der Waals surface area contributed by atoms with Crippen molar-refractivity contribution in [2.45, 2.75) is 17.9 Å². The molecule has 0 saturated heterocycles. The second-order valence-corrected chi connectivity index (χ2v) is 7.08. The van der Waals surface area contributed by atoms with Crippen molar-refractivity contribution in [2.75, 3.05) is 13.7 Å². The molecule has 0 bridgehead atoms. The Kier molecular flexibility index (Phi) is 3.65. The van der Waals surface area contributed by atoms with Gasteiger partial charge in [0.25, 0.3) is 5.91 Å². The lowest BCUT2D eigenvalue weighted by Gasteiger charge is -2.22. The van der Waals surface area contributed by atoms with Gasteiger partial charge in [-0.3, -0.25) is 4.79 Å². The Hall–Kier alpha value is -2.32. The van der Waals surface area contributed by atoms with Gasteiger partial charge >= 0.3 is 0 Å². The van der Waals surface area contributed by atoms with E-state index in [0.717, 1.165) is 5.56 Å². The summed E-state index contributed by atoms with van der Waals surface area (Å²) in [4.78, 5) is 11.9. The van der Waals surface area contributed by atoms with E-state index in [0.29, 0.717) is 23.6 Å². The Bertz CT molecular complexity index is 886. The fraction of sp³-hybridized carbons (Fsp3) is 0.267. The minimum atomic E-state index is -3.86. The number of rotatable bonds is 3. The summed E-state index contributed by atoms with van der Waals surface area (Å²) in [5, 5.41) is 8.03. The zero-order valence-corrected chi connectivity index (χ0v) is 13.6. The zero-order chi connectivity index (χ0) is 16.8. The van der Waals surface area contributed by atoms with Gasteiger partial charge in [0.1, 0.15) is 11.4 Å². The van der Waals surface area contributed by atoms with Crippen molar-refractivity contribution in [1.29, 1.82) is 0 Å². The molecule has 1 atom stereocenters. The van der Waals surface area contributed by atoms with Crippen molar-refractivity contribution in [3.63, 3.8) is 0 Å². The van der Waals surface area contributed by atoms with Crippen LogP contribution in [0.25, 0.3) is 11.1 Å². The molecular formula is C15H17N3O4S. The number of amides is 1. The van der Waals surface area contributed by atoms with Gasteiger partial charge in [-0.2, -0.15) is 0 Å². The standard InChI is InChI=1S/C15H17N3O4S/c1-9-7-17-15(19)14-5-11(8-18(9)14)10-3-12(22-2)6-13(4-10)23(16,20)21/h3-6,8-9H,7H2,1-2H3,(H,17,19)(H2,16,20,21). The highest BCUT2D eigenvalue weighted by molar-refractivity contribution is 7.89. The Morgan fingerprint density at radius 2 is 2.00 bits per heavy atom. The number of sulfonamides is 1. The van der Waals surface area contributed by atoms with Gasteiger partial charge in [-0.25, -0.2) is 13.6 Å². The van der Waals surface area contributed by atoms with E-state index in [1.807, 2.05) is 17.7 Å². The predicted molar refractivity (Wildman–Crippen MR) is 84.8 cm³/mol. The quantitative estimate of drug-likeness (QED) is 0.877. The number of carbonyl (C=O) groups is 1. The molecule has 0 saturated carbocycles. The molecule has 3 N–H and O–H groups in total. The maximum Gasteiger partial charge on any atom is 0.268 e. The van der Waals surface area contributed by atoms with Crippen LogP contribution >= 0.6 is 0 Å². The molecule has 23 heavy (non-hydrogen) atoms. The van der Waals surface area contributed by atoms with Gasteiger partial charge in [-0.1, -0.05) is 0 Å². The Balaban J connectivity index is 2.16. The molecule has 8 heteroatoms. The number of carbonyl (C=O) groups excluding carboxylic acids is 1. The zero-order valence-electron chi connectivity index (χ0n) is 12.7. The largest absolute Gasteiger partial charge is 0.497 e. The van der Waals surface area contributed by atoms with E-state index in [9.17, 15) is 13.2 Å². The highest BCUT2D eigenvalue weighted by Crippen LogP contribution is 2.31. The Labute approximate surface area is 134 Å². The number of fused-ring (bicyclic) bond motifs is 1. The fourth-order valence-corrected chi connectivity index (χ4v) is 3.21.